The number of aliphatic hydroxyl groups excluding tert-OH is 2. The lowest BCUT2D eigenvalue weighted by Gasteiger charge is -2.40. The number of hydrogen-bond acceptors (Lipinski definition) is 11. The number of unbranched alkanes of at least 4 members (excludes halogenated alkanes) is 21. The molecule has 0 aliphatic carbocycles. The van der Waals surface area contributed by atoms with E-state index < -0.39 is 67.3 Å². The summed E-state index contributed by atoms with van der Waals surface area (Å²) in [7, 11) is 0. The number of ether oxygens (including phenoxy) is 5. The zero-order valence-corrected chi connectivity index (χ0v) is 50.7. The first-order chi connectivity index (χ1) is 39.6. The summed E-state index contributed by atoms with van der Waals surface area (Å²) in [6.45, 7) is 5.74. The van der Waals surface area contributed by atoms with E-state index in [2.05, 4.69) is 130 Å². The second-order valence-electron chi connectivity index (χ2n) is 21.3. The predicted octanol–water partition coefficient (Wildman–Crippen LogP) is 17.0. The summed E-state index contributed by atoms with van der Waals surface area (Å²) in [6.07, 6.45) is 63.4. The van der Waals surface area contributed by atoms with Gasteiger partial charge in [-0.15, -0.1) is 0 Å². The van der Waals surface area contributed by atoms with Gasteiger partial charge in [0.15, 0.2) is 24.6 Å². The maximum Gasteiger partial charge on any atom is 0.335 e. The maximum absolute atomic E-state index is 13.2. The Morgan fingerprint density at radius 2 is 0.778 bits per heavy atom. The van der Waals surface area contributed by atoms with Crippen molar-refractivity contribution in [2.24, 2.45) is 0 Å². The van der Waals surface area contributed by atoms with E-state index in [0.29, 0.717) is 25.7 Å². The smallest absolute Gasteiger partial charge is 0.335 e. The molecule has 1 heterocycles. The Morgan fingerprint density at radius 1 is 0.420 bits per heavy atom. The van der Waals surface area contributed by atoms with Gasteiger partial charge in [0.1, 0.15) is 18.8 Å². The van der Waals surface area contributed by atoms with E-state index in [1.54, 1.807) is 0 Å². The molecule has 0 saturated carbocycles. The van der Waals surface area contributed by atoms with Crippen LogP contribution in [0.1, 0.15) is 252 Å². The average Bonchev–Trinajstić information content (AvgIpc) is 3.53. The third-order valence-corrected chi connectivity index (χ3v) is 13.8. The van der Waals surface area contributed by atoms with Gasteiger partial charge >= 0.3 is 23.9 Å². The van der Waals surface area contributed by atoms with Crippen LogP contribution in [0.25, 0.3) is 0 Å². The summed E-state index contributed by atoms with van der Waals surface area (Å²) in [5, 5.41) is 31.5. The molecular formula is C69H112O12. The molecule has 0 aromatic rings. The topological polar surface area (TPSA) is 175 Å². The molecule has 1 rings (SSSR count). The van der Waals surface area contributed by atoms with Gasteiger partial charge in [0.2, 0.25) is 0 Å². The molecule has 460 valence electrons. The van der Waals surface area contributed by atoms with Crippen molar-refractivity contribution in [3.63, 3.8) is 0 Å². The summed E-state index contributed by atoms with van der Waals surface area (Å²) in [5.41, 5.74) is 0. The first-order valence-corrected chi connectivity index (χ1v) is 31.9. The van der Waals surface area contributed by atoms with Gasteiger partial charge in [-0.3, -0.25) is 14.4 Å². The molecule has 12 heteroatoms. The van der Waals surface area contributed by atoms with Crippen LogP contribution in [-0.2, 0) is 42.9 Å². The highest BCUT2D eigenvalue weighted by Crippen LogP contribution is 2.26. The number of carboxylic acids is 1. The third kappa shape index (κ3) is 45.6. The molecule has 0 aromatic carbocycles. The molecule has 1 fully saturated rings. The lowest BCUT2D eigenvalue weighted by atomic mass is 9.98. The third-order valence-electron chi connectivity index (χ3n) is 13.8. The van der Waals surface area contributed by atoms with Crippen molar-refractivity contribution in [2.45, 2.75) is 289 Å². The highest BCUT2D eigenvalue weighted by atomic mass is 16.7. The molecule has 0 amide bonds. The van der Waals surface area contributed by atoms with Crippen molar-refractivity contribution in [3.8, 4) is 0 Å². The number of rotatable bonds is 53. The van der Waals surface area contributed by atoms with Crippen LogP contribution in [0.4, 0.5) is 0 Å². The normalized spacial score (nSPS) is 18.5. The highest BCUT2D eigenvalue weighted by molar-refractivity contribution is 5.74. The first kappa shape index (κ1) is 74.4. The number of carbonyl (C=O) groups excluding carboxylic acids is 3. The standard InChI is InChI=1S/C69H112O12/c1-4-7-10-13-16-19-22-25-28-30-31-33-35-37-40-43-46-49-52-55-61(70)77-58-60(79-62(71)56-53-50-47-44-41-39-36-32-29-26-23-20-17-14-11-8-5-2)59-78-69-67(65(74)64(73)66(81-69)68(75)76)80-63(72)57-54-51-48-45-42-38-34-27-24-21-18-15-12-9-6-3/h7,9-10,12,16,18-19,21,25,27-28,31,33-34,37,40,42,45,60,64-67,69,73-74H,4-6,8,11,13-15,17,20,22-24,26,29-30,32,35-36,38-39,41,43-44,46-59H2,1-3H3,(H,75,76)/b10-7-,12-9-,19-16-,21-18-,28-25-,33-31-,34-27-,40-37-,45-42-. The number of carbonyl (C=O) groups is 4. The highest BCUT2D eigenvalue weighted by Gasteiger charge is 2.50. The number of hydrogen-bond donors (Lipinski definition) is 3. The molecule has 1 saturated heterocycles. The molecule has 0 bridgehead atoms. The summed E-state index contributed by atoms with van der Waals surface area (Å²) in [5.74, 6) is -3.22. The van der Waals surface area contributed by atoms with E-state index in [4.69, 9.17) is 23.7 Å². The van der Waals surface area contributed by atoms with Crippen molar-refractivity contribution in [3.05, 3.63) is 109 Å². The molecule has 3 N–H and O–H groups in total. The number of esters is 3. The Morgan fingerprint density at radius 3 is 1.21 bits per heavy atom. The molecule has 0 aromatic heterocycles. The zero-order valence-electron chi connectivity index (χ0n) is 50.7. The monoisotopic (exact) mass is 1130 g/mol. The number of carboxylic acid groups (broad SMARTS) is 1. The van der Waals surface area contributed by atoms with Gasteiger partial charge in [0, 0.05) is 19.3 Å². The SMILES string of the molecule is CC/C=C\C/C=C\C/C=C\C/C=C\C/C=C\CCCCCC(=O)OCC(COC1OC(C(=O)O)C(O)C(O)C1OC(=O)CCCC/C=C\C/C=C\C/C=C\C/C=C\CC)OC(=O)CCCCCCCCCCCCCCCCCCC. The van der Waals surface area contributed by atoms with Crippen LogP contribution < -0.4 is 0 Å². The molecule has 0 spiro atoms. The van der Waals surface area contributed by atoms with Gasteiger partial charge in [0.05, 0.1) is 6.61 Å². The van der Waals surface area contributed by atoms with Crippen LogP contribution in [0, 0.1) is 0 Å². The minimum Gasteiger partial charge on any atom is -0.479 e. The van der Waals surface area contributed by atoms with Gasteiger partial charge < -0.3 is 39.0 Å². The Bertz CT molecular complexity index is 1820. The molecular weight excluding hydrogens is 1020 g/mol. The molecule has 1 aliphatic rings. The summed E-state index contributed by atoms with van der Waals surface area (Å²) < 4.78 is 28.4. The van der Waals surface area contributed by atoms with Crippen LogP contribution in [0.3, 0.4) is 0 Å². The average molecular weight is 1130 g/mol. The van der Waals surface area contributed by atoms with Gasteiger partial charge in [-0.05, 0) is 103 Å². The van der Waals surface area contributed by atoms with Crippen LogP contribution in [0.5, 0.6) is 0 Å². The van der Waals surface area contributed by atoms with E-state index >= 15 is 0 Å². The number of aliphatic carboxylic acids is 1. The van der Waals surface area contributed by atoms with Crippen molar-refractivity contribution in [1.82, 2.24) is 0 Å². The lowest BCUT2D eigenvalue weighted by Crippen LogP contribution is -2.61. The van der Waals surface area contributed by atoms with Crippen LogP contribution in [0.2, 0.25) is 0 Å². The van der Waals surface area contributed by atoms with Gasteiger partial charge in [-0.1, -0.05) is 239 Å². The van der Waals surface area contributed by atoms with E-state index in [1.807, 2.05) is 0 Å². The van der Waals surface area contributed by atoms with E-state index in [1.165, 1.54) is 83.5 Å². The van der Waals surface area contributed by atoms with Crippen molar-refractivity contribution in [2.75, 3.05) is 13.2 Å². The van der Waals surface area contributed by atoms with Crippen LogP contribution in [0.15, 0.2) is 109 Å². The zero-order chi connectivity index (χ0) is 58.9. The fourth-order valence-corrected chi connectivity index (χ4v) is 9.03. The number of allylic oxidation sites excluding steroid dienone is 18. The minimum absolute atomic E-state index is 0.000881. The quantitative estimate of drug-likeness (QED) is 0.0228. The molecule has 1 aliphatic heterocycles. The van der Waals surface area contributed by atoms with Gasteiger partial charge in [-0.2, -0.15) is 0 Å². The largest absolute Gasteiger partial charge is 0.479 e. The fraction of sp³-hybridized carbons (Fsp3) is 0.681. The summed E-state index contributed by atoms with van der Waals surface area (Å²) >= 11 is 0. The number of aliphatic hydroxyl groups is 2. The van der Waals surface area contributed by atoms with Crippen LogP contribution in [-0.4, -0.2) is 89.2 Å². The minimum atomic E-state index is -1.93. The van der Waals surface area contributed by atoms with Crippen molar-refractivity contribution >= 4 is 23.9 Å². The second kappa shape index (κ2) is 55.9. The maximum atomic E-state index is 13.2. The predicted molar refractivity (Wildman–Crippen MR) is 330 cm³/mol. The van der Waals surface area contributed by atoms with Crippen molar-refractivity contribution < 1.29 is 58.2 Å². The lowest BCUT2D eigenvalue weighted by molar-refractivity contribution is -0.301. The fourth-order valence-electron chi connectivity index (χ4n) is 9.03. The summed E-state index contributed by atoms with van der Waals surface area (Å²) in [6, 6.07) is 0. The Kier molecular flexibility index (Phi) is 51.3. The van der Waals surface area contributed by atoms with Crippen molar-refractivity contribution in [1.29, 1.82) is 0 Å². The second-order valence-corrected chi connectivity index (χ2v) is 21.3. The first-order valence-electron chi connectivity index (χ1n) is 31.9. The molecule has 0 radical (unpaired) electrons. The van der Waals surface area contributed by atoms with Gasteiger partial charge in [0.25, 0.3) is 0 Å². The Labute approximate surface area is 491 Å². The Hall–Kier alpha value is -4.62. The molecule has 12 nitrogen and oxygen atoms in total. The van der Waals surface area contributed by atoms with E-state index in [9.17, 15) is 34.5 Å². The van der Waals surface area contributed by atoms with E-state index in [0.717, 1.165) is 103 Å². The summed E-state index contributed by atoms with van der Waals surface area (Å²) in [4.78, 5) is 51.3. The Balaban J connectivity index is 2.72. The molecule has 6 atom stereocenters. The van der Waals surface area contributed by atoms with Gasteiger partial charge in [-0.25, -0.2) is 4.79 Å². The molecule has 6 unspecified atom stereocenters. The van der Waals surface area contributed by atoms with Crippen LogP contribution >= 0.6 is 0 Å². The molecule has 81 heavy (non-hydrogen) atoms. The van der Waals surface area contributed by atoms with E-state index in [-0.39, 0.29) is 25.9 Å².